The molecule has 0 rings (SSSR count). The minimum Gasteiger partial charge on any atom is -0.624 e. The Morgan fingerprint density at radius 3 is 2.41 bits per heavy atom. The normalized spacial score (nSPS) is 14.2. The van der Waals surface area contributed by atoms with E-state index < -0.39 is 7.77 Å². The Morgan fingerprint density at radius 1 is 1.24 bits per heavy atom. The molecule has 0 aliphatic rings. The molecule has 0 radical (unpaired) electrons. The van der Waals surface area contributed by atoms with Gasteiger partial charge in [-0.2, -0.15) is 0 Å². The Hall–Kier alpha value is -0.210. The lowest BCUT2D eigenvalue weighted by molar-refractivity contribution is -0.861. The average Bonchev–Trinajstić information content (AvgIpc) is 2.20. The molecule has 0 aliphatic heterocycles. The zero-order valence-corrected chi connectivity index (χ0v) is 12.5. The molecule has 17 heavy (non-hydrogen) atoms. The number of unbranched alkanes of at least 4 members (excludes halogenated alkanes) is 4. The first-order valence-electron chi connectivity index (χ1n) is 6.35. The third kappa shape index (κ3) is 10.7. The molecule has 0 aromatic rings. The van der Waals surface area contributed by atoms with Crippen molar-refractivity contribution in [3.8, 4) is 0 Å². The molecule has 0 spiro atoms. The molecule has 0 heterocycles. The van der Waals surface area contributed by atoms with Crippen LogP contribution in [0.15, 0.2) is 11.9 Å². The zero-order chi connectivity index (χ0) is 13.3. The van der Waals surface area contributed by atoms with Gasteiger partial charge in [0.15, 0.2) is 6.54 Å². The Bertz CT molecular complexity index is 267. The van der Waals surface area contributed by atoms with E-state index in [9.17, 15) is 10.00 Å². The molecule has 0 aromatic carbocycles. The Balaban J connectivity index is 4.00. The van der Waals surface area contributed by atoms with Crippen LogP contribution < -0.4 is 4.89 Å². The maximum absolute atomic E-state index is 11.7. The number of aliphatic hydroxyl groups is 1. The maximum atomic E-state index is 11.7. The monoisotopic (exact) mass is 260 g/mol. The molecule has 0 fully saturated rings. The second-order valence-electron chi connectivity index (χ2n) is 5.42. The summed E-state index contributed by atoms with van der Waals surface area (Å²) in [6.45, 7) is 2.62. The van der Waals surface area contributed by atoms with Crippen LogP contribution in [0.2, 0.25) is 0 Å². The van der Waals surface area contributed by atoms with E-state index in [4.69, 9.17) is 0 Å². The molecule has 0 saturated heterocycles. The summed E-state index contributed by atoms with van der Waals surface area (Å²) < 4.78 is 0.594. The van der Waals surface area contributed by atoms with Crippen LogP contribution >= 0.6 is 7.77 Å². The van der Waals surface area contributed by atoms with E-state index in [0.717, 1.165) is 12.8 Å². The number of nitrogens with zero attached hydrogens (tertiary/aromatic N) is 1. The lowest BCUT2D eigenvalue weighted by Gasteiger charge is -2.21. The highest BCUT2D eigenvalue weighted by molar-refractivity contribution is 7.54. The van der Waals surface area contributed by atoms with E-state index in [2.05, 4.69) is 6.92 Å². The number of likely N-dealkylation sites (N-methyl/N-ethyl adjacent to an activating group) is 1. The van der Waals surface area contributed by atoms with Crippen molar-refractivity contribution in [1.82, 2.24) is 0 Å². The van der Waals surface area contributed by atoms with Gasteiger partial charge in [-0.05, 0) is 18.9 Å². The predicted molar refractivity (Wildman–Crippen MR) is 74.7 cm³/mol. The number of rotatable bonds is 8. The molecule has 3 nitrogen and oxygen atoms in total. The van der Waals surface area contributed by atoms with Gasteiger partial charge < -0.3 is 14.5 Å². The third-order valence-corrected chi connectivity index (χ3v) is 3.47. The van der Waals surface area contributed by atoms with Crippen molar-refractivity contribution in [3.63, 3.8) is 0 Å². The van der Waals surface area contributed by atoms with Crippen LogP contribution in [-0.4, -0.2) is 42.8 Å². The molecular weight excluding hydrogens is 233 g/mol. The summed E-state index contributed by atoms with van der Waals surface area (Å²) in [7, 11) is 4.19. The van der Waals surface area contributed by atoms with Gasteiger partial charge in [0.05, 0.1) is 21.1 Å². The summed E-state index contributed by atoms with van der Waals surface area (Å²) in [6, 6.07) is 0. The average molecular weight is 260 g/mol. The van der Waals surface area contributed by atoms with E-state index in [1.165, 1.54) is 19.3 Å². The molecule has 0 aliphatic carbocycles. The Morgan fingerprint density at radius 2 is 1.88 bits per heavy atom. The number of hydrogen-bond acceptors (Lipinski definition) is 1. The molecule has 1 atom stereocenters. The van der Waals surface area contributed by atoms with Crippen molar-refractivity contribution in [1.29, 1.82) is 0 Å². The van der Waals surface area contributed by atoms with Crippen molar-refractivity contribution in [2.24, 2.45) is 0 Å². The van der Waals surface area contributed by atoms with Crippen molar-refractivity contribution < 1.29 is 14.5 Å². The van der Waals surface area contributed by atoms with Crippen molar-refractivity contribution in [2.45, 2.75) is 39.0 Å². The maximum Gasteiger partial charge on any atom is 0.279 e. The third-order valence-electron chi connectivity index (χ3n) is 2.34. The smallest absolute Gasteiger partial charge is 0.279 e. The molecule has 100 valence electrons. The van der Waals surface area contributed by atoms with Gasteiger partial charge in [0, 0.05) is 0 Å². The van der Waals surface area contributed by atoms with Gasteiger partial charge in [0.1, 0.15) is 13.6 Å². The van der Waals surface area contributed by atoms with Gasteiger partial charge in [-0.3, -0.25) is 0 Å². The van der Waals surface area contributed by atoms with Crippen LogP contribution in [0.25, 0.3) is 0 Å². The van der Waals surface area contributed by atoms with Gasteiger partial charge >= 0.3 is 0 Å². The molecule has 0 saturated carbocycles. The summed E-state index contributed by atoms with van der Waals surface area (Å²) in [6.07, 6.45) is 7.75. The summed E-state index contributed by atoms with van der Waals surface area (Å²) in [4.78, 5) is 11.7. The molecule has 1 unspecified atom stereocenters. The van der Waals surface area contributed by atoms with E-state index in [-0.39, 0.29) is 5.48 Å². The van der Waals surface area contributed by atoms with Crippen LogP contribution in [0.4, 0.5) is 0 Å². The van der Waals surface area contributed by atoms with Crippen LogP contribution in [0.1, 0.15) is 39.0 Å². The fourth-order valence-electron chi connectivity index (χ4n) is 1.44. The summed E-state index contributed by atoms with van der Waals surface area (Å²) in [5.74, 6) is 1.65. The zero-order valence-electron chi connectivity index (χ0n) is 11.6. The Kier molecular flexibility index (Phi) is 8.71. The fraction of sp³-hybridized carbons (Fsp3) is 0.769. The number of aliphatic hydroxyl groups excluding tert-OH is 1. The van der Waals surface area contributed by atoms with E-state index in [1.807, 2.05) is 27.2 Å². The molecule has 0 amide bonds. The topological polar surface area (TPSA) is 43.3 Å². The SMILES string of the molecule is CCCCCCC=C[P+]([O-])=C(O)C[N+](C)(C)C. The second-order valence-corrected chi connectivity index (χ2v) is 6.89. The van der Waals surface area contributed by atoms with E-state index >= 15 is 0 Å². The van der Waals surface area contributed by atoms with Crippen molar-refractivity contribution in [2.75, 3.05) is 27.7 Å². The summed E-state index contributed by atoms with van der Waals surface area (Å²) in [5, 5.41) is 9.66. The first-order valence-corrected chi connectivity index (χ1v) is 7.68. The van der Waals surface area contributed by atoms with Gasteiger partial charge in [0.2, 0.25) is 0 Å². The highest BCUT2D eigenvalue weighted by Gasteiger charge is 2.15. The number of hydrogen-bond donors (Lipinski definition) is 1. The van der Waals surface area contributed by atoms with E-state index in [1.54, 1.807) is 5.82 Å². The van der Waals surface area contributed by atoms with Crippen molar-refractivity contribution in [3.05, 3.63) is 11.9 Å². The molecule has 1 N–H and O–H groups in total. The van der Waals surface area contributed by atoms with Gasteiger partial charge in [0.25, 0.3) is 5.48 Å². The van der Waals surface area contributed by atoms with E-state index in [0.29, 0.717) is 11.0 Å². The second kappa shape index (κ2) is 8.82. The largest absolute Gasteiger partial charge is 0.624 e. The van der Waals surface area contributed by atoms with Crippen LogP contribution in [0, 0.1) is 0 Å². The standard InChI is InChI=1S/C13H26NO2P/c1-5-6-7-8-9-10-11-17(16)13(15)12-14(2,3)4/h10-11H,5-9,12H2,1-4H3/p+1. The lowest BCUT2D eigenvalue weighted by Crippen LogP contribution is -2.39. The Labute approximate surface area is 107 Å². The first-order chi connectivity index (χ1) is 7.87. The summed E-state index contributed by atoms with van der Waals surface area (Å²) in [5.41, 5.74) is 0.0947. The van der Waals surface area contributed by atoms with Crippen LogP contribution in [0.5, 0.6) is 0 Å². The highest BCUT2D eigenvalue weighted by atomic mass is 31.1. The first kappa shape index (κ1) is 16.8. The highest BCUT2D eigenvalue weighted by Crippen LogP contribution is 2.17. The molecular formula is C13H27NO2P+. The van der Waals surface area contributed by atoms with Gasteiger partial charge in [-0.1, -0.05) is 26.2 Å². The van der Waals surface area contributed by atoms with Crippen LogP contribution in [0.3, 0.4) is 0 Å². The molecule has 0 aromatic heterocycles. The number of quaternary nitrogens is 1. The van der Waals surface area contributed by atoms with Crippen molar-refractivity contribution >= 4 is 13.3 Å². The lowest BCUT2D eigenvalue weighted by atomic mass is 10.2. The van der Waals surface area contributed by atoms with Gasteiger partial charge in [-0.15, -0.1) is 0 Å². The fourth-order valence-corrected chi connectivity index (χ4v) is 2.52. The molecule has 0 bridgehead atoms. The van der Waals surface area contributed by atoms with Crippen LogP contribution in [-0.2, 0) is 0 Å². The minimum atomic E-state index is -1.70. The minimum absolute atomic E-state index is 0.0947. The summed E-state index contributed by atoms with van der Waals surface area (Å²) >= 11 is 0. The number of allylic oxidation sites excluding steroid dienone is 1. The van der Waals surface area contributed by atoms with Gasteiger partial charge in [-0.25, -0.2) is 0 Å². The quantitative estimate of drug-likeness (QED) is 0.414. The predicted octanol–water partition coefficient (Wildman–Crippen LogP) is 2.44. The molecule has 4 heteroatoms.